The van der Waals surface area contributed by atoms with Crippen molar-refractivity contribution < 1.29 is 23.2 Å². The second-order valence-electron chi connectivity index (χ2n) is 16.2. The Morgan fingerprint density at radius 1 is 0.667 bits per heavy atom. The molecule has 2 fully saturated rings. The minimum absolute atomic E-state index is 0.0262. The third kappa shape index (κ3) is 9.25. The zero-order valence-electron chi connectivity index (χ0n) is 35.7. The van der Waals surface area contributed by atoms with Crippen LogP contribution < -0.4 is 16.0 Å². The summed E-state index contributed by atoms with van der Waals surface area (Å²) in [7, 11) is -1.30. The van der Waals surface area contributed by atoms with Crippen molar-refractivity contribution in [1.82, 2.24) is 39.9 Å². The molecule has 2 saturated carbocycles. The molecule has 63 heavy (non-hydrogen) atoms. The highest BCUT2D eigenvalue weighted by Gasteiger charge is 2.36. The summed E-state index contributed by atoms with van der Waals surface area (Å²) in [4.78, 5) is 36.6. The van der Waals surface area contributed by atoms with E-state index in [0.717, 1.165) is 110 Å². The highest BCUT2D eigenvalue weighted by Crippen LogP contribution is 2.42. The van der Waals surface area contributed by atoms with Crippen LogP contribution in [0.5, 0.6) is 0 Å². The summed E-state index contributed by atoms with van der Waals surface area (Å²) in [5.41, 5.74) is 5.36. The number of aryl methyl sites for hydroxylation is 4. The Labute approximate surface area is 374 Å². The zero-order chi connectivity index (χ0) is 44.5. The molecule has 0 radical (unpaired) electrons. The molecular formula is C44H49F2N11O3S3. The van der Waals surface area contributed by atoms with Gasteiger partial charge in [0.25, 0.3) is 0 Å². The fourth-order valence-electron chi connectivity index (χ4n) is 8.32. The first-order valence-electron chi connectivity index (χ1n) is 20.8. The number of pyridine rings is 2. The van der Waals surface area contributed by atoms with Crippen LogP contribution in [-0.4, -0.2) is 84.8 Å². The number of thiazole rings is 2. The number of halogens is 2. The molecule has 19 heteroatoms. The fourth-order valence-corrected chi connectivity index (χ4v) is 11.0. The van der Waals surface area contributed by atoms with Crippen molar-refractivity contribution in [2.45, 2.75) is 102 Å². The topological polar surface area (TPSA) is 197 Å². The number of benzene rings is 1. The van der Waals surface area contributed by atoms with E-state index < -0.39 is 33.5 Å². The van der Waals surface area contributed by atoms with Gasteiger partial charge in [0.15, 0.2) is 0 Å². The average molecular weight is 914 g/mol. The number of aromatic nitrogens is 8. The van der Waals surface area contributed by atoms with Crippen molar-refractivity contribution in [2.24, 2.45) is 0 Å². The molecule has 14 nitrogen and oxygen atoms in total. The molecule has 2 aliphatic carbocycles. The van der Waals surface area contributed by atoms with Gasteiger partial charge in [-0.05, 0) is 77.6 Å². The van der Waals surface area contributed by atoms with Crippen LogP contribution in [-0.2, 0) is 17.3 Å². The van der Waals surface area contributed by atoms with Gasteiger partial charge in [0.05, 0.1) is 78.4 Å². The number of nitrogens with one attached hydrogen (secondary N) is 3. The molecule has 2 aliphatic rings. The summed E-state index contributed by atoms with van der Waals surface area (Å²) < 4.78 is 42.4. The van der Waals surface area contributed by atoms with E-state index >= 15 is 0 Å². The van der Waals surface area contributed by atoms with Crippen molar-refractivity contribution in [1.29, 1.82) is 0 Å². The molecule has 330 valence electrons. The van der Waals surface area contributed by atoms with Gasteiger partial charge in [-0.2, -0.15) is 4.98 Å². The third-order valence-corrected chi connectivity index (χ3v) is 14.6. The number of aliphatic hydroxyl groups is 2. The van der Waals surface area contributed by atoms with Gasteiger partial charge in [-0.3, -0.25) is 14.2 Å². The smallest absolute Gasteiger partial charge is 0.225 e. The van der Waals surface area contributed by atoms with Crippen molar-refractivity contribution in [3.8, 4) is 21.1 Å². The van der Waals surface area contributed by atoms with E-state index in [9.17, 15) is 23.2 Å². The quantitative estimate of drug-likeness (QED) is 0.0731. The maximum absolute atomic E-state index is 14.1. The highest BCUT2D eigenvalue weighted by atomic mass is 32.2. The van der Waals surface area contributed by atoms with Crippen LogP contribution in [0, 0.1) is 39.3 Å². The number of fused-ring (bicyclic) bond motifs is 2. The molecule has 9 rings (SSSR count). The molecule has 1 unspecified atom stereocenters. The summed E-state index contributed by atoms with van der Waals surface area (Å²) in [6.07, 6.45) is 12.6. The van der Waals surface area contributed by atoms with Crippen LogP contribution in [0.2, 0.25) is 0 Å². The molecule has 0 bridgehead atoms. The van der Waals surface area contributed by atoms with Gasteiger partial charge >= 0.3 is 0 Å². The lowest BCUT2D eigenvalue weighted by Gasteiger charge is -2.30. The number of rotatable bonds is 12. The standard InChI is InChI=1S/C25H26F2N6OS.C19H23N5O2S2/c1-14-20(23-31-21-15(2)28-11-8-19(21)35-23)22(33-25(13-34)9-3-4-10-25)32-24(30-14)29-12-16-17(26)6-5-7-18(16)27;1-11-14(17-22-15-12(2)20-9-6-13(15)27-17)16(23-18(21-11)28(3)26)24-19(10-25)7-4-5-8-19/h5-8,11,34H,3-4,9-10,12-13H2,1-2H3,(H2,29,30,32,33);6,9,25H,4-5,7-8,10H2,1-3H3,(H,21,23,24). The Bertz CT molecular complexity index is 2810. The van der Waals surface area contributed by atoms with Gasteiger partial charge in [-0.25, -0.2) is 33.7 Å². The first-order chi connectivity index (χ1) is 30.3. The summed E-state index contributed by atoms with van der Waals surface area (Å²) >= 11 is 3.09. The van der Waals surface area contributed by atoms with Crippen LogP contribution in [0.4, 0.5) is 26.4 Å². The van der Waals surface area contributed by atoms with Gasteiger partial charge < -0.3 is 26.2 Å². The maximum atomic E-state index is 14.1. The normalized spacial score (nSPS) is 16.0. The molecule has 7 aromatic rings. The van der Waals surface area contributed by atoms with Crippen molar-refractivity contribution >= 4 is 71.5 Å². The van der Waals surface area contributed by atoms with Gasteiger partial charge in [0.1, 0.15) is 44.3 Å². The Balaban J connectivity index is 0.000000177. The Morgan fingerprint density at radius 3 is 1.60 bits per heavy atom. The number of nitrogens with zero attached hydrogens (tertiary/aromatic N) is 8. The number of aliphatic hydroxyl groups excluding tert-OH is 2. The first-order valence-corrected chi connectivity index (χ1v) is 24.0. The number of hydrogen-bond donors (Lipinski definition) is 5. The van der Waals surface area contributed by atoms with E-state index in [-0.39, 0.29) is 36.4 Å². The predicted octanol–water partition coefficient (Wildman–Crippen LogP) is 8.59. The zero-order valence-corrected chi connectivity index (χ0v) is 38.1. The molecule has 5 N–H and O–H groups in total. The highest BCUT2D eigenvalue weighted by molar-refractivity contribution is 7.84. The van der Waals surface area contributed by atoms with Crippen LogP contribution >= 0.6 is 22.7 Å². The van der Waals surface area contributed by atoms with Crippen LogP contribution in [0.1, 0.15) is 79.7 Å². The lowest BCUT2D eigenvalue weighted by molar-refractivity contribution is 0.213. The minimum Gasteiger partial charge on any atom is -0.394 e. The second kappa shape index (κ2) is 18.5. The summed E-state index contributed by atoms with van der Waals surface area (Å²) in [5.74, 6) is 0.107. The van der Waals surface area contributed by atoms with E-state index in [1.54, 1.807) is 30.0 Å². The van der Waals surface area contributed by atoms with E-state index in [1.165, 1.54) is 29.5 Å². The van der Waals surface area contributed by atoms with E-state index in [2.05, 4.69) is 40.9 Å². The minimum atomic E-state index is -1.30. The lowest BCUT2D eigenvalue weighted by atomic mass is 9.98. The summed E-state index contributed by atoms with van der Waals surface area (Å²) in [5, 5.41) is 32.0. The van der Waals surface area contributed by atoms with E-state index in [4.69, 9.17) is 15.0 Å². The van der Waals surface area contributed by atoms with Gasteiger partial charge in [-0.15, -0.1) is 22.7 Å². The van der Waals surface area contributed by atoms with Crippen LogP contribution in [0.25, 0.3) is 41.6 Å². The molecule has 1 atom stereocenters. The Kier molecular flexibility index (Phi) is 13.0. The monoisotopic (exact) mass is 913 g/mol. The van der Waals surface area contributed by atoms with E-state index in [1.807, 2.05) is 39.8 Å². The number of hydrogen-bond acceptors (Lipinski definition) is 16. The third-order valence-electron chi connectivity index (χ3n) is 11.8. The molecule has 0 aliphatic heterocycles. The van der Waals surface area contributed by atoms with Crippen molar-refractivity contribution in [2.75, 3.05) is 35.4 Å². The molecule has 0 saturated heterocycles. The number of anilines is 3. The molecule has 6 aromatic heterocycles. The first kappa shape index (κ1) is 44.4. The van der Waals surface area contributed by atoms with Crippen LogP contribution in [0.3, 0.4) is 0 Å². The predicted molar refractivity (Wildman–Crippen MR) is 246 cm³/mol. The SMILES string of the molecule is Cc1nc(NCc2c(F)cccc2F)nc(NC2(CO)CCCC2)c1-c1nc2c(C)nccc2s1.Cc1nc(S(C)=O)nc(NC2(CO)CCCC2)c1-c1nc2c(C)nccc2s1. The van der Waals surface area contributed by atoms with Gasteiger partial charge in [-0.1, -0.05) is 31.7 Å². The van der Waals surface area contributed by atoms with Gasteiger partial charge in [0.2, 0.25) is 11.1 Å². The Morgan fingerprint density at radius 2 is 1.14 bits per heavy atom. The summed E-state index contributed by atoms with van der Waals surface area (Å²) in [6.45, 7) is 7.50. The van der Waals surface area contributed by atoms with E-state index in [0.29, 0.717) is 17.3 Å². The molecule has 0 spiro atoms. The average Bonchev–Trinajstić information content (AvgIpc) is 4.09. The van der Waals surface area contributed by atoms with Gasteiger partial charge in [0, 0.05) is 30.8 Å². The van der Waals surface area contributed by atoms with Crippen molar-refractivity contribution in [3.63, 3.8) is 0 Å². The van der Waals surface area contributed by atoms with Crippen LogP contribution in [0.15, 0.2) is 47.9 Å². The Hall–Kier alpha value is -5.21. The lowest BCUT2D eigenvalue weighted by Crippen LogP contribution is -2.39. The molecule has 6 heterocycles. The second-order valence-corrected chi connectivity index (χ2v) is 19.6. The van der Waals surface area contributed by atoms with Crippen molar-refractivity contribution in [3.05, 3.63) is 82.7 Å². The molecule has 1 aromatic carbocycles. The maximum Gasteiger partial charge on any atom is 0.225 e. The molecule has 0 amide bonds. The summed E-state index contributed by atoms with van der Waals surface area (Å²) in [6, 6.07) is 7.65. The molecular weight excluding hydrogens is 865 g/mol. The fraction of sp³-hybridized carbons (Fsp3) is 0.409. The largest absolute Gasteiger partial charge is 0.394 e.